The molecule has 53 heavy (non-hydrogen) atoms. The van der Waals surface area contributed by atoms with Crippen molar-refractivity contribution >= 4 is 35.2 Å². The zero-order valence-electron chi connectivity index (χ0n) is 36.4. The molecule has 0 saturated carbocycles. The fourth-order valence-electron chi connectivity index (χ4n) is 7.47. The Labute approximate surface area is 335 Å². The summed E-state index contributed by atoms with van der Waals surface area (Å²) in [5.41, 5.74) is 0. The van der Waals surface area contributed by atoms with Gasteiger partial charge in [-0.25, -0.2) is 0 Å². The van der Waals surface area contributed by atoms with Crippen molar-refractivity contribution in [3.63, 3.8) is 0 Å². The summed E-state index contributed by atoms with van der Waals surface area (Å²) in [6, 6.07) is 3.28. The quantitative estimate of drug-likeness (QED) is 0.0547. The van der Waals surface area contributed by atoms with Crippen LogP contribution in [0, 0.1) is 0 Å². The van der Waals surface area contributed by atoms with E-state index in [4.69, 9.17) is 53.1 Å². The zero-order chi connectivity index (χ0) is 40.0. The molecule has 0 unspecified atom stereocenters. The number of rotatable bonds is 40. The Balaban J connectivity index is 6.90. The van der Waals surface area contributed by atoms with Crippen molar-refractivity contribution in [1.29, 1.82) is 0 Å². The van der Waals surface area contributed by atoms with Crippen LogP contribution in [0.3, 0.4) is 0 Å². The molecule has 0 saturated heterocycles. The summed E-state index contributed by atoms with van der Waals surface area (Å²) in [4.78, 5) is 0. The molecule has 0 aromatic rings. The molecule has 0 spiro atoms. The molecule has 0 aromatic carbocycles. The van der Waals surface area contributed by atoms with Gasteiger partial charge in [-0.2, -0.15) is 0 Å². The molecule has 17 heteroatoms. The Morgan fingerprint density at radius 1 is 0.245 bits per heavy atom. The van der Waals surface area contributed by atoms with Crippen molar-refractivity contribution < 1.29 is 73.4 Å². The Morgan fingerprint density at radius 2 is 0.377 bits per heavy atom. The zero-order valence-corrected chi connectivity index (χ0v) is 42.8. The van der Waals surface area contributed by atoms with Gasteiger partial charge in [0.15, 0.2) is 0 Å². The first-order chi connectivity index (χ1) is 25.6. The van der Waals surface area contributed by atoms with Gasteiger partial charge in [-0.15, -0.1) is 0 Å². The van der Waals surface area contributed by atoms with E-state index in [-0.39, 0.29) is 0 Å². The maximum absolute atomic E-state index is 6.33. The molecule has 0 aliphatic rings. The van der Waals surface area contributed by atoms with Gasteiger partial charge < -0.3 is 0 Å². The minimum atomic E-state index is -3.08. The molecular formula is C36H84O12Si4Zr. The molecular weight excluding hydrogens is 828 g/mol. The molecule has 0 atom stereocenters. The fourth-order valence-corrected chi connectivity index (χ4v) is 34.2. The summed E-state index contributed by atoms with van der Waals surface area (Å²) >= 11 is -3.08. The predicted molar refractivity (Wildman–Crippen MR) is 219 cm³/mol. The van der Waals surface area contributed by atoms with E-state index >= 15 is 0 Å². The third kappa shape index (κ3) is 21.2. The molecule has 0 amide bonds. The monoisotopic (exact) mass is 910 g/mol. The van der Waals surface area contributed by atoms with Crippen molar-refractivity contribution in [3.8, 4) is 0 Å². The molecule has 0 N–H and O–H groups in total. The van der Waals surface area contributed by atoms with E-state index in [0.717, 1.165) is 49.9 Å². The van der Waals surface area contributed by atoms with Crippen LogP contribution in [0.4, 0.5) is 0 Å². The van der Waals surface area contributed by atoms with Gasteiger partial charge in [0.1, 0.15) is 0 Å². The van der Waals surface area contributed by atoms with E-state index in [0.29, 0.717) is 79.3 Å². The summed E-state index contributed by atoms with van der Waals surface area (Å²) in [7, 11) is -11.2. The molecule has 320 valence electrons. The van der Waals surface area contributed by atoms with Gasteiger partial charge >= 0.3 is 337 Å². The summed E-state index contributed by atoms with van der Waals surface area (Å²) in [6.45, 7) is 31.4. The average molecular weight is 913 g/mol. The molecule has 0 bridgehead atoms. The third-order valence-corrected chi connectivity index (χ3v) is 35.6. The van der Waals surface area contributed by atoms with Gasteiger partial charge in [-0.3, -0.25) is 0 Å². The van der Waals surface area contributed by atoms with Crippen LogP contribution >= 0.6 is 0 Å². The Morgan fingerprint density at radius 3 is 0.491 bits per heavy atom. The van der Waals surface area contributed by atoms with Gasteiger partial charge in [-0.05, 0) is 0 Å². The summed E-state index contributed by atoms with van der Waals surface area (Å²) < 4.78 is 80.8. The van der Waals surface area contributed by atoms with Gasteiger partial charge in [-0.1, -0.05) is 0 Å². The van der Waals surface area contributed by atoms with Crippen LogP contribution in [0.5, 0.6) is 0 Å². The van der Waals surface area contributed by atoms with Crippen LogP contribution in [0.1, 0.15) is 109 Å². The second-order valence-electron chi connectivity index (χ2n) is 12.8. The Kier molecular flexibility index (Phi) is 32.9. The van der Waals surface area contributed by atoms with Crippen molar-refractivity contribution in [3.05, 3.63) is 0 Å². The van der Waals surface area contributed by atoms with E-state index in [1.54, 1.807) is 0 Å². The first kappa shape index (κ1) is 54.3. The first-order valence-electron chi connectivity index (χ1n) is 21.2. The Bertz CT molecular complexity index is 653. The van der Waals surface area contributed by atoms with Crippen LogP contribution in [0.2, 0.25) is 40.7 Å². The van der Waals surface area contributed by atoms with Crippen molar-refractivity contribution in [2.45, 2.75) is 149 Å². The Hall–Kier alpha value is 1.27. The second-order valence-corrected chi connectivity index (χ2v) is 36.1. The van der Waals surface area contributed by atoms with Crippen LogP contribution in [0.15, 0.2) is 0 Å². The predicted octanol–water partition coefficient (Wildman–Crippen LogP) is 9.57. The number of hydrogen-bond donors (Lipinski definition) is 0. The van der Waals surface area contributed by atoms with Crippen molar-refractivity contribution in [2.24, 2.45) is 0 Å². The molecule has 0 radical (unpaired) electrons. The van der Waals surface area contributed by atoms with E-state index in [2.05, 4.69) is 0 Å². The molecule has 0 heterocycles. The van der Waals surface area contributed by atoms with Gasteiger partial charge in [0.2, 0.25) is 0 Å². The fraction of sp³-hybridized carbons (Fsp3) is 1.00. The molecule has 0 aliphatic heterocycles. The third-order valence-electron chi connectivity index (χ3n) is 9.13. The minimum absolute atomic E-state index is 0.581. The van der Waals surface area contributed by atoms with E-state index in [1.807, 2.05) is 83.1 Å². The normalized spacial score (nSPS) is 13.4. The van der Waals surface area contributed by atoms with Gasteiger partial charge in [0.05, 0.1) is 0 Å². The molecule has 0 aromatic heterocycles. The van der Waals surface area contributed by atoms with Crippen LogP contribution in [-0.2, 0) is 73.4 Å². The van der Waals surface area contributed by atoms with Crippen molar-refractivity contribution in [1.82, 2.24) is 0 Å². The topological polar surface area (TPSA) is 111 Å². The van der Waals surface area contributed by atoms with Crippen LogP contribution in [-0.4, -0.2) is 115 Å². The SMILES string of the molecule is CCO[Si](CC[CH2][Zr]([CH2]CC[Si](OCC)(OCC)OCC)([CH2]CC[Si](OCC)(OCC)OCC)[CH2]CC[Si](OCC)(OCC)OCC)(OCC)OCC. The summed E-state index contributed by atoms with van der Waals surface area (Å²) in [5.74, 6) is 0. The average Bonchev–Trinajstić information content (AvgIpc) is 3.10. The molecule has 0 fully saturated rings. The van der Waals surface area contributed by atoms with Crippen molar-refractivity contribution in [2.75, 3.05) is 79.3 Å². The number of hydrogen-bond acceptors (Lipinski definition) is 12. The second kappa shape index (κ2) is 32.2. The van der Waals surface area contributed by atoms with Gasteiger partial charge in [0, 0.05) is 0 Å². The van der Waals surface area contributed by atoms with E-state index in [9.17, 15) is 0 Å². The first-order valence-corrected chi connectivity index (χ1v) is 35.9. The summed E-state index contributed by atoms with van der Waals surface area (Å²) in [6.07, 6.45) is 4.07. The van der Waals surface area contributed by atoms with E-state index in [1.165, 1.54) is 16.5 Å². The van der Waals surface area contributed by atoms with Crippen LogP contribution < -0.4 is 0 Å². The van der Waals surface area contributed by atoms with Crippen LogP contribution in [0.25, 0.3) is 0 Å². The summed E-state index contributed by atoms with van der Waals surface area (Å²) in [5, 5.41) is 0. The van der Waals surface area contributed by atoms with Gasteiger partial charge in [0.25, 0.3) is 0 Å². The van der Waals surface area contributed by atoms with E-state index < -0.39 is 55.5 Å². The molecule has 12 nitrogen and oxygen atoms in total. The maximum atomic E-state index is 6.33. The standard InChI is InChI=1S/4C9H21O3Si.Zr/c4*1-5-9-13(10-6-2,11-7-3)12-8-4;/h4*1,5-9H2,2-4H3;. The molecule has 0 rings (SSSR count). The molecule has 0 aliphatic carbocycles.